The molecule has 794 valence electrons. The molecule has 0 aliphatic heterocycles. The van der Waals surface area contributed by atoms with Gasteiger partial charge in [0.2, 0.25) is 0 Å². The minimum atomic E-state index is -7.96. The highest BCUT2D eigenvalue weighted by molar-refractivity contribution is 8.13. The Bertz CT molecular complexity index is 5590. The second kappa shape index (κ2) is 55.9. The lowest BCUT2D eigenvalue weighted by Crippen LogP contribution is -2.61. The highest BCUT2D eigenvalue weighted by Gasteiger charge is 2.83. The van der Waals surface area contributed by atoms with E-state index in [-0.39, 0.29) is 40.4 Å². The molecule has 6 atom stereocenters. The van der Waals surface area contributed by atoms with Gasteiger partial charge in [-0.05, 0) is 303 Å². The third-order valence-electron chi connectivity index (χ3n) is 22.2. The quantitative estimate of drug-likeness (QED) is 0.00987. The molecule has 1 saturated carbocycles. The first kappa shape index (κ1) is 130. The third kappa shape index (κ3) is 39.5. The SMILES string of the molecule is CCC(C)c1ccc(O)cc1.CCC(C)c1ccc(O)cc1.CCC(C)c1ccc(OC(C)(C)C)cc1.CCC(C)c1ccc(OC(C)=O)cc1.CCC(C)c1ccc(OS(=O)(=O)C(F)(F)C(F)(F)C(F)(F)S(=O)(=O)[N-]S(=O)(=O)C(F)(F)F)cc1.CCC(C)c1ccc(OS(=O)(=O)C(F)(F)C(F)(F)C(F)(F)S(=O)(=O)[O-])cc1.CCC1(OC(=O)C(C)(C)CC)CCCC1.[SH2+]c1ccccc1.[SH2+]c1ccccc1. The molecule has 141 heavy (non-hydrogen) atoms. The highest BCUT2D eigenvalue weighted by atomic mass is 32.3. The fourth-order valence-corrected chi connectivity index (χ4v) is 16.4. The number of alkyl halides is 15. The molecule has 0 spiro atoms. The smallest absolute Gasteiger partial charge is 0.480 e. The lowest BCUT2D eigenvalue weighted by Gasteiger charge is -2.35. The van der Waals surface area contributed by atoms with Crippen molar-refractivity contribution < 1.29 is 155 Å². The third-order valence-corrected chi connectivity index (χ3v) is 29.4. The van der Waals surface area contributed by atoms with Gasteiger partial charge in [-0.2, -0.15) is 82.7 Å². The number of sulfonamides is 2. The number of aromatic hydroxyl groups is 2. The number of carbonyl (C=O) groups excluding carboxylic acids is 2. The van der Waals surface area contributed by atoms with Crippen LogP contribution in [0.3, 0.4) is 0 Å². The van der Waals surface area contributed by atoms with Gasteiger partial charge in [-0.1, -0.05) is 206 Å². The second-order valence-electron chi connectivity index (χ2n) is 34.4. The summed E-state index contributed by atoms with van der Waals surface area (Å²) in [5.41, 5.74) is -0.910. The molecule has 1 aliphatic rings. The zero-order valence-corrected chi connectivity index (χ0v) is 88.1. The Balaban J connectivity index is 0.000000830. The molecule has 0 radical (unpaired) electrons. The van der Waals surface area contributed by atoms with Gasteiger partial charge < -0.3 is 41.5 Å². The van der Waals surface area contributed by atoms with Crippen LogP contribution in [0, 0.1) is 5.41 Å². The second-order valence-corrected chi connectivity index (χ2v) is 43.7. The molecule has 6 unspecified atom stereocenters. The Kier molecular flexibility index (Phi) is 51.6. The van der Waals surface area contributed by atoms with Gasteiger partial charge in [0.15, 0.2) is 30.2 Å². The Labute approximate surface area is 831 Å². The molecule has 0 heterocycles. The number of hydrogen-bond acceptors (Lipinski definition) is 20. The molecule has 8 aromatic rings. The molecule has 1 aliphatic carbocycles. The van der Waals surface area contributed by atoms with E-state index in [0.29, 0.717) is 81.1 Å². The Morgan fingerprint density at radius 3 is 0.879 bits per heavy atom. The number of carbonyl (C=O) groups is 2. The number of halogens is 15. The van der Waals surface area contributed by atoms with Gasteiger partial charge in [0.05, 0.1) is 5.41 Å². The number of phenols is 2. The Morgan fingerprint density at radius 1 is 0.390 bits per heavy atom. The number of ether oxygens (including phenoxy) is 3. The van der Waals surface area contributed by atoms with Crippen molar-refractivity contribution in [2.24, 2.45) is 5.41 Å². The topological polar surface area (TPSA) is 329 Å². The zero-order chi connectivity index (χ0) is 109. The van der Waals surface area contributed by atoms with E-state index >= 15 is 0 Å². The van der Waals surface area contributed by atoms with Crippen molar-refractivity contribution in [1.82, 2.24) is 0 Å². The van der Waals surface area contributed by atoms with Gasteiger partial charge in [-0.3, -0.25) is 9.59 Å². The predicted molar refractivity (Wildman–Crippen MR) is 523 cm³/mol. The molecule has 21 nitrogen and oxygen atoms in total. The van der Waals surface area contributed by atoms with Crippen LogP contribution in [-0.4, -0.2) is 118 Å². The van der Waals surface area contributed by atoms with Crippen molar-refractivity contribution in [2.45, 2.75) is 310 Å². The van der Waals surface area contributed by atoms with Gasteiger partial charge in [0.1, 0.15) is 55.5 Å². The lowest BCUT2D eigenvalue weighted by atomic mass is 9.89. The molecule has 0 saturated heterocycles. The first-order valence-corrected chi connectivity index (χ1v) is 52.7. The van der Waals surface area contributed by atoms with Crippen LogP contribution in [0.4, 0.5) is 65.9 Å². The summed E-state index contributed by atoms with van der Waals surface area (Å²) in [5.74, 6) is -12.5. The molecule has 8 aromatic carbocycles. The van der Waals surface area contributed by atoms with Crippen LogP contribution in [-0.2, 0) is 90.0 Å². The van der Waals surface area contributed by atoms with Gasteiger partial charge in [-0.15, -0.1) is 0 Å². The van der Waals surface area contributed by atoms with Crippen molar-refractivity contribution in [1.29, 1.82) is 0 Å². The highest BCUT2D eigenvalue weighted by Crippen LogP contribution is 2.55. The zero-order valence-electron chi connectivity index (χ0n) is 82.0. The monoisotopic (exact) mass is 2150 g/mol. The van der Waals surface area contributed by atoms with Crippen LogP contribution in [0.25, 0.3) is 4.13 Å². The van der Waals surface area contributed by atoms with Crippen LogP contribution < -0.4 is 17.8 Å². The normalized spacial score (nSPS) is 14.5. The standard InChI is InChI=1S/C14H13F9NO7S3.C14H22O.C13H14F6O6S2.C13H24O2.C12H16O2.2C10H14O.2C6H6S/c1-3-8(2)9-4-6-10(7-5-9)31-34(29,30)13(19,20)11(15,16)12(17,18)32(25,26)24-33(27,28)14(21,22)23;1-6-11(2)12-7-9-13(10-8-12)15-14(3,4)5;1-3-8(2)9-4-6-10(7-5-9)25-27(23,24)13(18,19)11(14,15)12(16,17)26(20,21)22;1-5-12(3,4)11(14)15-13(6-2)9-7-8-10-13;1-4-9(2)11-5-7-12(8-6-11)14-10(3)13;2*1-3-8(2)9-4-6-10(11)7-5-9;2*7-6-4-2-1-3-5-6/h4-8H,3H2,1-2H3;7-11H,6H2,1-5H3;4-8H,3H2,1-2H3,(H,20,21,22);5-10H2,1-4H3;5-9H,4H2,1-3H3;2*4-8,11H,3H2,1-2H3;2*1-5,7H/q-1;;;;;;;;/p+1. The number of esters is 2. The minimum Gasteiger partial charge on any atom is -0.743 e. The summed E-state index contributed by atoms with van der Waals surface area (Å²) in [6, 6.07) is 58.6. The molecule has 0 aromatic heterocycles. The van der Waals surface area contributed by atoms with Gasteiger partial charge in [0.25, 0.3) is 0 Å². The van der Waals surface area contributed by atoms with Crippen molar-refractivity contribution >= 4 is 87.6 Å². The van der Waals surface area contributed by atoms with Crippen LogP contribution in [0.5, 0.6) is 34.5 Å². The summed E-state index contributed by atoms with van der Waals surface area (Å²) in [4.78, 5) is 24.9. The molecule has 2 N–H and O–H groups in total. The summed E-state index contributed by atoms with van der Waals surface area (Å²) >= 11 is 6.71. The number of nitrogens with zero attached hydrogens (tertiary/aromatic N) is 1. The summed E-state index contributed by atoms with van der Waals surface area (Å²) in [7, 11) is -36.7. The number of rotatable bonds is 32. The average molecular weight is 2150 g/mol. The van der Waals surface area contributed by atoms with E-state index in [1.54, 1.807) is 45.0 Å². The van der Waals surface area contributed by atoms with Crippen molar-refractivity contribution in [2.75, 3.05) is 0 Å². The van der Waals surface area contributed by atoms with Crippen molar-refractivity contribution in [3.05, 3.63) is 244 Å². The van der Waals surface area contributed by atoms with Gasteiger partial charge in [0, 0.05) is 6.92 Å². The maximum absolute atomic E-state index is 14.0. The van der Waals surface area contributed by atoms with Crippen molar-refractivity contribution in [3.8, 4) is 34.5 Å². The van der Waals surface area contributed by atoms with E-state index < -0.39 is 100 Å². The Morgan fingerprint density at radius 2 is 0.652 bits per heavy atom. The van der Waals surface area contributed by atoms with E-state index in [1.165, 1.54) is 60.6 Å². The fraction of sp³-hybridized carbons (Fsp3) is 0.490. The molecular weight excluding hydrogens is 2020 g/mol. The molecule has 0 bridgehead atoms. The molecule has 43 heteroatoms. The van der Waals surface area contributed by atoms with E-state index in [4.69, 9.17) is 24.4 Å². The first-order valence-electron chi connectivity index (χ1n) is 44.6. The van der Waals surface area contributed by atoms with E-state index in [9.17, 15) is 122 Å². The average Bonchev–Trinajstić information content (AvgIpc) is 0.850. The summed E-state index contributed by atoms with van der Waals surface area (Å²) < 4.78 is 345. The largest absolute Gasteiger partial charge is 0.743 e. The maximum Gasteiger partial charge on any atom is 0.480 e. The fourth-order valence-electron chi connectivity index (χ4n) is 11.4. The molecule has 0 amide bonds. The predicted octanol–water partition coefficient (Wildman–Crippen LogP) is 26.7. The van der Waals surface area contributed by atoms with E-state index in [0.717, 1.165) is 84.8 Å². The van der Waals surface area contributed by atoms with Crippen LogP contribution in [0.15, 0.2) is 216 Å². The maximum atomic E-state index is 14.0. The first-order chi connectivity index (χ1) is 64.6. The summed E-state index contributed by atoms with van der Waals surface area (Å²) in [6.45, 7) is 40.2. The lowest BCUT2D eigenvalue weighted by molar-refractivity contribution is -0.247. The molecule has 1 fully saturated rings. The van der Waals surface area contributed by atoms with Crippen molar-refractivity contribution in [3.63, 3.8) is 0 Å². The van der Waals surface area contributed by atoms with Gasteiger partial charge >= 0.3 is 70.5 Å². The van der Waals surface area contributed by atoms with Crippen LogP contribution in [0.1, 0.15) is 284 Å². The Hall–Kier alpha value is -8.98. The molecule has 9 rings (SSSR count). The van der Waals surface area contributed by atoms with Crippen LogP contribution in [0.2, 0.25) is 0 Å². The summed E-state index contributed by atoms with van der Waals surface area (Å²) in [6.07, 6.45) is 12.1. The minimum absolute atomic E-state index is 0.0197. The van der Waals surface area contributed by atoms with E-state index in [2.05, 4.69) is 141 Å². The number of benzene rings is 8. The molecular formula is C98H130F15NO20S7. The number of phenolic OH excluding ortho intramolecular Hbond substituents is 2. The van der Waals surface area contributed by atoms with Gasteiger partial charge in [-0.25, -0.2) is 25.3 Å². The number of hydrogen-bond donors (Lipinski definition) is 2. The summed E-state index contributed by atoms with van der Waals surface area (Å²) in [5, 5.41) is -10.2. The van der Waals surface area contributed by atoms with E-state index in [1.807, 2.05) is 137 Å². The van der Waals surface area contributed by atoms with Crippen LogP contribution >= 0.6 is 0 Å².